The van der Waals surface area contributed by atoms with E-state index in [1.54, 1.807) is 0 Å². The van der Waals surface area contributed by atoms with Crippen LogP contribution >= 0.6 is 11.3 Å². The fourth-order valence-corrected chi connectivity index (χ4v) is 3.78. The number of likely N-dealkylation sites (tertiary alicyclic amines) is 1. The maximum Gasteiger partial charge on any atom is 0.0346 e. The second kappa shape index (κ2) is 4.65. The van der Waals surface area contributed by atoms with Crippen LogP contribution in [0.15, 0.2) is 29.6 Å². The molecular weight excluding hydrogens is 240 g/mol. The summed E-state index contributed by atoms with van der Waals surface area (Å²) in [4.78, 5) is 2.54. The number of benzene rings is 1. The van der Waals surface area contributed by atoms with Crippen molar-refractivity contribution in [2.45, 2.75) is 19.9 Å². The Morgan fingerprint density at radius 3 is 3.00 bits per heavy atom. The van der Waals surface area contributed by atoms with Crippen LogP contribution in [0.5, 0.6) is 0 Å². The molecule has 0 aliphatic carbocycles. The molecule has 0 amide bonds. The number of nitrogens with zero attached hydrogens (tertiary/aromatic N) is 1. The van der Waals surface area contributed by atoms with Gasteiger partial charge >= 0.3 is 0 Å². The van der Waals surface area contributed by atoms with Crippen LogP contribution in [0.4, 0.5) is 0 Å². The van der Waals surface area contributed by atoms with E-state index in [9.17, 15) is 0 Å². The molecule has 0 radical (unpaired) electrons. The zero-order valence-corrected chi connectivity index (χ0v) is 11.7. The topological polar surface area (TPSA) is 29.3 Å². The van der Waals surface area contributed by atoms with E-state index in [2.05, 4.69) is 41.5 Å². The number of rotatable bonds is 3. The van der Waals surface area contributed by atoms with Crippen LogP contribution in [0.3, 0.4) is 0 Å². The third-order valence-electron chi connectivity index (χ3n) is 4.08. The lowest BCUT2D eigenvalue weighted by molar-refractivity contribution is 0.275. The van der Waals surface area contributed by atoms with Crippen LogP contribution in [0.25, 0.3) is 10.1 Å². The Bertz CT molecular complexity index is 548. The quantitative estimate of drug-likeness (QED) is 0.919. The standard InChI is InChI=1S/C15H20N2S/c1-15(10-16)6-7-17(11-15)8-12-9-18-14-5-3-2-4-13(12)14/h2-5,9H,6-8,10-11,16H2,1H3. The summed E-state index contributed by atoms with van der Waals surface area (Å²) in [5, 5.41) is 3.73. The van der Waals surface area contributed by atoms with Crippen LogP contribution in [0.1, 0.15) is 18.9 Å². The normalized spacial score (nSPS) is 25.0. The van der Waals surface area contributed by atoms with Gasteiger partial charge in [0, 0.05) is 17.8 Å². The van der Waals surface area contributed by atoms with Crippen molar-refractivity contribution in [2.24, 2.45) is 11.1 Å². The maximum atomic E-state index is 5.87. The second-order valence-corrected chi connectivity index (χ2v) is 6.64. The van der Waals surface area contributed by atoms with Gasteiger partial charge in [0.25, 0.3) is 0 Å². The van der Waals surface area contributed by atoms with Crippen molar-refractivity contribution in [3.63, 3.8) is 0 Å². The smallest absolute Gasteiger partial charge is 0.0346 e. The van der Waals surface area contributed by atoms with E-state index in [4.69, 9.17) is 5.73 Å². The van der Waals surface area contributed by atoms with Gasteiger partial charge in [-0.1, -0.05) is 25.1 Å². The molecule has 1 saturated heterocycles. The molecule has 2 nitrogen and oxygen atoms in total. The molecule has 2 aromatic rings. The molecule has 1 unspecified atom stereocenters. The minimum absolute atomic E-state index is 0.325. The van der Waals surface area contributed by atoms with Crippen molar-refractivity contribution < 1.29 is 0 Å². The molecule has 2 N–H and O–H groups in total. The Hall–Kier alpha value is -0.900. The Balaban J connectivity index is 1.78. The van der Waals surface area contributed by atoms with E-state index in [1.807, 2.05) is 11.3 Å². The third kappa shape index (κ3) is 2.18. The average Bonchev–Trinajstić information content (AvgIpc) is 2.96. The van der Waals surface area contributed by atoms with Crippen LogP contribution in [-0.4, -0.2) is 24.5 Å². The van der Waals surface area contributed by atoms with Crippen molar-refractivity contribution in [3.05, 3.63) is 35.2 Å². The molecule has 1 aliphatic rings. The summed E-state index contributed by atoms with van der Waals surface area (Å²) < 4.78 is 1.40. The van der Waals surface area contributed by atoms with Crippen LogP contribution < -0.4 is 5.73 Å². The number of hydrogen-bond donors (Lipinski definition) is 1. The first kappa shape index (κ1) is 12.2. The lowest BCUT2D eigenvalue weighted by Gasteiger charge is -2.22. The SMILES string of the molecule is CC1(CN)CCN(Cc2csc3ccccc23)C1. The van der Waals surface area contributed by atoms with Crippen molar-refractivity contribution in [1.82, 2.24) is 4.90 Å². The number of hydrogen-bond acceptors (Lipinski definition) is 3. The second-order valence-electron chi connectivity index (χ2n) is 5.73. The van der Waals surface area contributed by atoms with Gasteiger partial charge in [-0.05, 0) is 47.3 Å². The van der Waals surface area contributed by atoms with Gasteiger partial charge in [0.1, 0.15) is 0 Å². The van der Waals surface area contributed by atoms with E-state index < -0.39 is 0 Å². The summed E-state index contributed by atoms with van der Waals surface area (Å²) >= 11 is 1.85. The number of fused-ring (bicyclic) bond motifs is 1. The van der Waals surface area contributed by atoms with E-state index in [0.29, 0.717) is 5.41 Å². The van der Waals surface area contributed by atoms with Gasteiger partial charge in [-0.2, -0.15) is 0 Å². The summed E-state index contributed by atoms with van der Waals surface area (Å²) in [6.45, 7) is 6.48. The van der Waals surface area contributed by atoms with Gasteiger partial charge < -0.3 is 5.73 Å². The van der Waals surface area contributed by atoms with Crippen LogP contribution in [0, 0.1) is 5.41 Å². The highest BCUT2D eigenvalue weighted by atomic mass is 32.1. The predicted molar refractivity (Wildman–Crippen MR) is 78.9 cm³/mol. The highest BCUT2D eigenvalue weighted by Gasteiger charge is 2.32. The lowest BCUT2D eigenvalue weighted by atomic mass is 9.90. The zero-order chi connectivity index (χ0) is 12.6. The summed E-state index contributed by atoms with van der Waals surface area (Å²) in [6.07, 6.45) is 1.23. The molecule has 1 aromatic heterocycles. The molecule has 2 heterocycles. The lowest BCUT2D eigenvalue weighted by Crippen LogP contribution is -2.31. The average molecular weight is 260 g/mol. The summed E-state index contributed by atoms with van der Waals surface area (Å²) in [7, 11) is 0. The summed E-state index contributed by atoms with van der Waals surface area (Å²) in [6, 6.07) is 8.69. The Morgan fingerprint density at radius 1 is 1.39 bits per heavy atom. The van der Waals surface area contributed by atoms with Crippen molar-refractivity contribution in [3.8, 4) is 0 Å². The minimum Gasteiger partial charge on any atom is -0.330 e. The molecule has 1 atom stereocenters. The Labute approximate surface area is 112 Å². The van der Waals surface area contributed by atoms with Gasteiger partial charge in [-0.3, -0.25) is 4.90 Å². The van der Waals surface area contributed by atoms with Gasteiger partial charge in [0.2, 0.25) is 0 Å². The molecule has 0 saturated carbocycles. The molecule has 1 fully saturated rings. The molecule has 0 bridgehead atoms. The Kier molecular flexibility index (Phi) is 3.14. The van der Waals surface area contributed by atoms with Gasteiger partial charge in [0.15, 0.2) is 0 Å². The fourth-order valence-electron chi connectivity index (χ4n) is 2.82. The van der Waals surface area contributed by atoms with Gasteiger partial charge in [0.05, 0.1) is 0 Å². The summed E-state index contributed by atoms with van der Waals surface area (Å²) in [5.41, 5.74) is 7.66. The minimum atomic E-state index is 0.325. The fraction of sp³-hybridized carbons (Fsp3) is 0.467. The van der Waals surface area contributed by atoms with Crippen molar-refractivity contribution in [2.75, 3.05) is 19.6 Å². The molecule has 18 heavy (non-hydrogen) atoms. The Morgan fingerprint density at radius 2 is 2.22 bits per heavy atom. The van der Waals surface area contributed by atoms with Gasteiger partial charge in [-0.25, -0.2) is 0 Å². The van der Waals surface area contributed by atoms with Crippen LogP contribution in [-0.2, 0) is 6.54 Å². The van der Waals surface area contributed by atoms with E-state index in [1.165, 1.54) is 28.6 Å². The van der Waals surface area contributed by atoms with E-state index in [0.717, 1.165) is 19.6 Å². The first-order valence-corrected chi connectivity index (χ1v) is 7.46. The largest absolute Gasteiger partial charge is 0.330 e. The summed E-state index contributed by atoms with van der Waals surface area (Å²) in [5.74, 6) is 0. The van der Waals surface area contributed by atoms with Crippen LogP contribution in [0.2, 0.25) is 0 Å². The number of thiophene rings is 1. The molecule has 3 rings (SSSR count). The molecule has 1 aromatic carbocycles. The molecule has 1 aliphatic heterocycles. The number of nitrogens with two attached hydrogens (primary N) is 1. The first-order chi connectivity index (χ1) is 8.70. The monoisotopic (exact) mass is 260 g/mol. The molecule has 0 spiro atoms. The molecular formula is C15H20N2S. The molecule has 96 valence electrons. The van der Waals surface area contributed by atoms with Crippen molar-refractivity contribution >= 4 is 21.4 Å². The maximum absolute atomic E-state index is 5.87. The predicted octanol–water partition coefficient (Wildman–Crippen LogP) is 3.07. The highest BCUT2D eigenvalue weighted by molar-refractivity contribution is 7.17. The van der Waals surface area contributed by atoms with Gasteiger partial charge in [-0.15, -0.1) is 11.3 Å². The van der Waals surface area contributed by atoms with E-state index in [-0.39, 0.29) is 0 Å². The zero-order valence-electron chi connectivity index (χ0n) is 10.9. The van der Waals surface area contributed by atoms with Crippen molar-refractivity contribution in [1.29, 1.82) is 0 Å². The third-order valence-corrected chi connectivity index (χ3v) is 5.10. The first-order valence-electron chi connectivity index (χ1n) is 6.58. The van der Waals surface area contributed by atoms with E-state index >= 15 is 0 Å². The molecule has 3 heteroatoms. The highest BCUT2D eigenvalue weighted by Crippen LogP contribution is 2.32.